The van der Waals surface area contributed by atoms with Gasteiger partial charge in [0.1, 0.15) is 11.6 Å². The molecule has 1 aromatic carbocycles. The van der Waals surface area contributed by atoms with Crippen molar-refractivity contribution in [2.75, 3.05) is 13.7 Å². The van der Waals surface area contributed by atoms with Crippen molar-refractivity contribution in [1.29, 1.82) is 0 Å². The zero-order valence-corrected chi connectivity index (χ0v) is 11.3. The van der Waals surface area contributed by atoms with E-state index in [4.69, 9.17) is 9.47 Å². The second kappa shape index (κ2) is 5.64. The SMILES string of the molecule is COC(C)(C)CCOc1ccc(F)cc1Br. The third-order valence-corrected chi connectivity index (χ3v) is 3.03. The van der Waals surface area contributed by atoms with Crippen molar-refractivity contribution in [3.05, 3.63) is 28.5 Å². The summed E-state index contributed by atoms with van der Waals surface area (Å²) < 4.78 is 24.2. The third-order valence-electron chi connectivity index (χ3n) is 2.41. The van der Waals surface area contributed by atoms with Crippen LogP contribution in [-0.4, -0.2) is 19.3 Å². The molecule has 2 nitrogen and oxygen atoms in total. The summed E-state index contributed by atoms with van der Waals surface area (Å²) in [5.74, 6) is 0.366. The smallest absolute Gasteiger partial charge is 0.133 e. The van der Waals surface area contributed by atoms with Gasteiger partial charge in [-0.2, -0.15) is 0 Å². The topological polar surface area (TPSA) is 18.5 Å². The van der Waals surface area contributed by atoms with E-state index >= 15 is 0 Å². The van der Waals surface area contributed by atoms with Crippen LogP contribution < -0.4 is 4.74 Å². The normalized spacial score (nSPS) is 11.6. The maximum atomic E-state index is 12.8. The van der Waals surface area contributed by atoms with Crippen LogP contribution in [0, 0.1) is 5.82 Å². The zero-order valence-electron chi connectivity index (χ0n) is 9.72. The first-order chi connectivity index (χ1) is 7.44. The second-order valence-electron chi connectivity index (χ2n) is 4.14. The van der Waals surface area contributed by atoms with Crippen LogP contribution in [0.5, 0.6) is 5.75 Å². The van der Waals surface area contributed by atoms with Gasteiger partial charge in [-0.25, -0.2) is 4.39 Å². The number of rotatable bonds is 5. The van der Waals surface area contributed by atoms with E-state index in [-0.39, 0.29) is 11.4 Å². The van der Waals surface area contributed by atoms with Crippen molar-refractivity contribution in [2.45, 2.75) is 25.9 Å². The van der Waals surface area contributed by atoms with Crippen LogP contribution in [-0.2, 0) is 4.74 Å². The molecule has 0 aliphatic carbocycles. The van der Waals surface area contributed by atoms with Crippen LogP contribution in [0.25, 0.3) is 0 Å². The van der Waals surface area contributed by atoms with Crippen LogP contribution in [0.4, 0.5) is 4.39 Å². The second-order valence-corrected chi connectivity index (χ2v) is 4.99. The van der Waals surface area contributed by atoms with Gasteiger partial charge in [0, 0.05) is 13.5 Å². The lowest BCUT2D eigenvalue weighted by Gasteiger charge is -2.22. The molecule has 0 aromatic heterocycles. The summed E-state index contributed by atoms with van der Waals surface area (Å²) in [5.41, 5.74) is -0.202. The first kappa shape index (κ1) is 13.5. The highest BCUT2D eigenvalue weighted by molar-refractivity contribution is 9.10. The zero-order chi connectivity index (χ0) is 12.2. The molecule has 0 aliphatic heterocycles. The Hall–Kier alpha value is -0.610. The number of hydrogen-bond donors (Lipinski definition) is 0. The molecular weight excluding hydrogens is 275 g/mol. The first-order valence-electron chi connectivity index (χ1n) is 5.07. The van der Waals surface area contributed by atoms with Gasteiger partial charge in [-0.05, 0) is 48.0 Å². The average molecular weight is 291 g/mol. The molecule has 0 saturated carbocycles. The summed E-state index contributed by atoms with van der Waals surface area (Å²) in [6.45, 7) is 4.53. The molecule has 0 bridgehead atoms. The Morgan fingerprint density at radius 3 is 2.62 bits per heavy atom. The van der Waals surface area contributed by atoms with E-state index < -0.39 is 0 Å². The Morgan fingerprint density at radius 1 is 1.38 bits per heavy atom. The van der Waals surface area contributed by atoms with Crippen molar-refractivity contribution in [2.24, 2.45) is 0 Å². The minimum atomic E-state index is -0.281. The van der Waals surface area contributed by atoms with Gasteiger partial charge in [-0.15, -0.1) is 0 Å². The molecule has 0 amide bonds. The lowest BCUT2D eigenvalue weighted by molar-refractivity contribution is 0.00539. The lowest BCUT2D eigenvalue weighted by Crippen LogP contribution is -2.25. The summed E-state index contributed by atoms with van der Waals surface area (Å²) in [6, 6.07) is 4.37. The molecule has 0 radical (unpaired) electrons. The largest absolute Gasteiger partial charge is 0.492 e. The highest BCUT2D eigenvalue weighted by atomic mass is 79.9. The Kier molecular flexibility index (Phi) is 4.74. The van der Waals surface area contributed by atoms with Gasteiger partial charge in [-0.3, -0.25) is 0 Å². The number of halogens is 2. The molecular formula is C12H16BrFO2. The fourth-order valence-electron chi connectivity index (χ4n) is 1.10. The van der Waals surface area contributed by atoms with Crippen molar-refractivity contribution in [3.63, 3.8) is 0 Å². The average Bonchev–Trinajstić information content (AvgIpc) is 2.21. The lowest BCUT2D eigenvalue weighted by atomic mass is 10.1. The van der Waals surface area contributed by atoms with E-state index in [0.717, 1.165) is 6.42 Å². The fraction of sp³-hybridized carbons (Fsp3) is 0.500. The highest BCUT2D eigenvalue weighted by Crippen LogP contribution is 2.26. The van der Waals surface area contributed by atoms with Gasteiger partial charge in [0.25, 0.3) is 0 Å². The van der Waals surface area contributed by atoms with Gasteiger partial charge in [0.15, 0.2) is 0 Å². The molecule has 0 fully saturated rings. The van der Waals surface area contributed by atoms with Crippen LogP contribution in [0.15, 0.2) is 22.7 Å². The van der Waals surface area contributed by atoms with Gasteiger partial charge in [0.05, 0.1) is 16.7 Å². The predicted octanol–water partition coefficient (Wildman–Crippen LogP) is 3.78. The Morgan fingerprint density at radius 2 is 2.06 bits per heavy atom. The van der Waals surface area contributed by atoms with Crippen molar-refractivity contribution in [3.8, 4) is 5.75 Å². The van der Waals surface area contributed by atoms with Gasteiger partial charge in [-0.1, -0.05) is 0 Å². The maximum absolute atomic E-state index is 12.8. The predicted molar refractivity (Wildman–Crippen MR) is 65.3 cm³/mol. The van der Waals surface area contributed by atoms with Gasteiger partial charge >= 0.3 is 0 Å². The van der Waals surface area contributed by atoms with Crippen LogP contribution in [0.3, 0.4) is 0 Å². The maximum Gasteiger partial charge on any atom is 0.133 e. The Bertz CT molecular complexity index is 353. The number of benzene rings is 1. The molecule has 0 N–H and O–H groups in total. The number of methoxy groups -OCH3 is 1. The molecule has 0 aliphatic rings. The highest BCUT2D eigenvalue weighted by Gasteiger charge is 2.16. The summed E-state index contributed by atoms with van der Waals surface area (Å²) in [7, 11) is 1.67. The van der Waals surface area contributed by atoms with E-state index in [1.54, 1.807) is 13.2 Å². The molecule has 0 spiro atoms. The van der Waals surface area contributed by atoms with Crippen molar-refractivity contribution in [1.82, 2.24) is 0 Å². The van der Waals surface area contributed by atoms with E-state index in [9.17, 15) is 4.39 Å². The molecule has 90 valence electrons. The molecule has 0 saturated heterocycles. The Balaban J connectivity index is 2.49. The monoisotopic (exact) mass is 290 g/mol. The number of ether oxygens (including phenoxy) is 2. The van der Waals surface area contributed by atoms with E-state index in [0.29, 0.717) is 16.8 Å². The van der Waals surface area contributed by atoms with Gasteiger partial charge < -0.3 is 9.47 Å². The molecule has 4 heteroatoms. The van der Waals surface area contributed by atoms with Crippen LogP contribution in [0.1, 0.15) is 20.3 Å². The summed E-state index contributed by atoms with van der Waals surface area (Å²) in [5, 5.41) is 0. The summed E-state index contributed by atoms with van der Waals surface area (Å²) >= 11 is 3.25. The molecule has 1 aromatic rings. The summed E-state index contributed by atoms with van der Waals surface area (Å²) in [6.07, 6.45) is 0.771. The summed E-state index contributed by atoms with van der Waals surface area (Å²) in [4.78, 5) is 0. The fourth-order valence-corrected chi connectivity index (χ4v) is 1.57. The van der Waals surface area contributed by atoms with E-state index in [1.165, 1.54) is 12.1 Å². The minimum absolute atomic E-state index is 0.202. The molecule has 0 atom stereocenters. The standard InChI is InChI=1S/C12H16BrFO2/c1-12(2,15-3)6-7-16-11-5-4-9(14)8-10(11)13/h4-5,8H,6-7H2,1-3H3. The van der Waals surface area contributed by atoms with Crippen molar-refractivity contribution < 1.29 is 13.9 Å². The molecule has 0 unspecified atom stereocenters. The first-order valence-corrected chi connectivity index (χ1v) is 5.87. The van der Waals surface area contributed by atoms with Crippen molar-refractivity contribution >= 4 is 15.9 Å². The van der Waals surface area contributed by atoms with Crippen LogP contribution in [0.2, 0.25) is 0 Å². The molecule has 1 rings (SSSR count). The van der Waals surface area contributed by atoms with Gasteiger partial charge in [0.2, 0.25) is 0 Å². The van der Waals surface area contributed by atoms with Crippen LogP contribution >= 0.6 is 15.9 Å². The van der Waals surface area contributed by atoms with E-state index in [1.807, 2.05) is 13.8 Å². The third kappa shape index (κ3) is 4.10. The molecule has 16 heavy (non-hydrogen) atoms. The molecule has 0 heterocycles. The minimum Gasteiger partial charge on any atom is -0.492 e. The number of hydrogen-bond acceptors (Lipinski definition) is 2. The Labute approximate surface area is 104 Å². The van der Waals surface area contributed by atoms with E-state index in [2.05, 4.69) is 15.9 Å². The quantitative estimate of drug-likeness (QED) is 0.822.